The maximum Gasteiger partial charge on any atom is 0.255 e. The van der Waals surface area contributed by atoms with Crippen LogP contribution in [-0.2, 0) is 37.7 Å². The number of rotatable bonds is 15. The number of imidazole rings is 1. The minimum atomic E-state index is -1.24. The quantitative estimate of drug-likeness (QED) is 0.196. The summed E-state index contributed by atoms with van der Waals surface area (Å²) >= 11 is 3.62. The van der Waals surface area contributed by atoms with Crippen molar-refractivity contribution in [3.05, 3.63) is 35.0 Å². The minimum Gasteiger partial charge on any atom is -0.444 e. The van der Waals surface area contributed by atoms with Crippen molar-refractivity contribution in [3.8, 4) is 0 Å². The Kier molecular flexibility index (Phi) is 11.1. The first-order chi connectivity index (χ1) is 17.4. The Morgan fingerprint density at radius 3 is 2.57 bits per heavy atom. The predicted molar refractivity (Wildman–Crippen MR) is 151 cm³/mol. The number of aromatic nitrogens is 3. The van der Waals surface area contributed by atoms with Crippen LogP contribution < -0.4 is 4.72 Å². The zero-order valence-electron chi connectivity index (χ0n) is 23.0. The van der Waals surface area contributed by atoms with E-state index >= 15 is 0 Å². The molecule has 1 saturated heterocycles. The van der Waals surface area contributed by atoms with Crippen LogP contribution in [0.25, 0.3) is 0 Å². The molecule has 3 rings (SSSR count). The summed E-state index contributed by atoms with van der Waals surface area (Å²) < 4.78 is 42.2. The number of ether oxygens (including phenoxy) is 3. The number of unbranched alkanes of at least 4 members (excludes halogenated alkanes) is 2. The van der Waals surface area contributed by atoms with E-state index < -0.39 is 24.8 Å². The summed E-state index contributed by atoms with van der Waals surface area (Å²) in [4.78, 5) is 8.94. The molecule has 1 N–H and O–H groups in total. The zero-order chi connectivity index (χ0) is 27.1. The van der Waals surface area contributed by atoms with Gasteiger partial charge in [0.1, 0.15) is 23.4 Å². The Morgan fingerprint density at radius 2 is 1.95 bits per heavy atom. The van der Waals surface area contributed by atoms with Crippen molar-refractivity contribution in [1.82, 2.24) is 19.3 Å². The Bertz CT molecular complexity index is 984. The Morgan fingerprint density at radius 1 is 1.22 bits per heavy atom. The van der Waals surface area contributed by atoms with E-state index in [1.165, 1.54) is 0 Å². The Balaban J connectivity index is 1.61. The zero-order valence-corrected chi connectivity index (χ0v) is 26.5. The van der Waals surface area contributed by atoms with Crippen molar-refractivity contribution in [1.29, 1.82) is 0 Å². The van der Waals surface area contributed by atoms with E-state index in [-0.39, 0.29) is 10.8 Å². The van der Waals surface area contributed by atoms with Gasteiger partial charge in [-0.2, -0.15) is 0 Å². The molecule has 1 aliphatic rings. The second-order valence-electron chi connectivity index (χ2n) is 11.7. The summed E-state index contributed by atoms with van der Waals surface area (Å²) in [6.45, 7) is 15.1. The van der Waals surface area contributed by atoms with Crippen molar-refractivity contribution in [2.45, 2.75) is 102 Å². The van der Waals surface area contributed by atoms with Crippen LogP contribution in [-0.4, -0.2) is 51.4 Å². The van der Waals surface area contributed by atoms with Crippen LogP contribution in [0, 0.1) is 0 Å². The maximum absolute atomic E-state index is 13.0. The number of nitrogens with zero attached hydrogens (tertiary/aromatic N) is 3. The van der Waals surface area contributed by atoms with Gasteiger partial charge >= 0.3 is 0 Å². The molecule has 0 aliphatic carbocycles. The van der Waals surface area contributed by atoms with E-state index in [4.69, 9.17) is 18.6 Å². The summed E-state index contributed by atoms with van der Waals surface area (Å²) in [5.41, 5.74) is 0. The summed E-state index contributed by atoms with van der Waals surface area (Å²) in [6, 6.07) is 0.930. The number of hydrogen-bond donors (Lipinski definition) is 1. The lowest BCUT2D eigenvalue weighted by Gasteiger charge is -2.25. The minimum absolute atomic E-state index is 0.174. The standard InChI is InChI=1S/C25H43BrN4O5SSi/c1-24(2,3)36(31)29-20(22-28-18-21(26)30(22)19-32-16-17-37(4,5)6)10-8-7-9-11-25(34-14-15-35-25)23-27-12-13-33-23/h12-13,18,20,29H,7-11,14-17,19H2,1-6H3/t20-,36+/m0/s1. The molecule has 0 unspecified atom stereocenters. The van der Waals surface area contributed by atoms with Gasteiger partial charge in [0.25, 0.3) is 5.89 Å². The summed E-state index contributed by atoms with van der Waals surface area (Å²) in [6.07, 6.45) is 9.16. The molecular weight excluding hydrogens is 576 g/mol. The van der Waals surface area contributed by atoms with E-state index in [1.807, 2.05) is 25.3 Å². The van der Waals surface area contributed by atoms with Gasteiger partial charge in [0.15, 0.2) is 0 Å². The van der Waals surface area contributed by atoms with Crippen LogP contribution in [0.3, 0.4) is 0 Å². The third-order valence-corrected chi connectivity index (χ3v) is 10.1. The second kappa shape index (κ2) is 13.4. The van der Waals surface area contributed by atoms with E-state index in [1.54, 1.807) is 18.7 Å². The van der Waals surface area contributed by atoms with E-state index in [0.717, 1.165) is 48.8 Å². The molecule has 2 aromatic rings. The molecule has 0 bridgehead atoms. The summed E-state index contributed by atoms with van der Waals surface area (Å²) in [5, 5.41) is 0. The molecule has 12 heteroatoms. The van der Waals surface area contributed by atoms with Crippen molar-refractivity contribution < 1.29 is 22.8 Å². The lowest BCUT2D eigenvalue weighted by atomic mass is 10.0. The van der Waals surface area contributed by atoms with Gasteiger partial charge in [0.2, 0.25) is 5.79 Å². The molecule has 2 aromatic heterocycles. The fraction of sp³-hybridized carbons (Fsp3) is 0.760. The number of oxazole rings is 1. The fourth-order valence-electron chi connectivity index (χ4n) is 3.98. The average Bonchev–Trinajstić information content (AvgIpc) is 3.56. The molecule has 210 valence electrons. The van der Waals surface area contributed by atoms with E-state index in [9.17, 15) is 4.21 Å². The summed E-state index contributed by atoms with van der Waals surface area (Å²) in [5.74, 6) is 0.422. The van der Waals surface area contributed by atoms with Crippen molar-refractivity contribution in [2.24, 2.45) is 0 Å². The van der Waals surface area contributed by atoms with Crippen LogP contribution in [0.1, 0.15) is 70.6 Å². The van der Waals surface area contributed by atoms with Crippen molar-refractivity contribution in [3.63, 3.8) is 0 Å². The Labute approximate surface area is 233 Å². The van der Waals surface area contributed by atoms with Crippen LogP contribution in [0.5, 0.6) is 0 Å². The van der Waals surface area contributed by atoms with E-state index in [2.05, 4.69) is 50.3 Å². The normalized spacial score (nSPS) is 17.8. The highest BCUT2D eigenvalue weighted by Crippen LogP contribution is 2.36. The Hall–Kier alpha value is -0.893. The highest BCUT2D eigenvalue weighted by molar-refractivity contribution is 9.10. The molecule has 2 atom stereocenters. The van der Waals surface area contributed by atoms with Gasteiger partial charge in [0, 0.05) is 21.1 Å². The molecule has 0 spiro atoms. The molecule has 1 fully saturated rings. The van der Waals surface area contributed by atoms with Crippen LogP contribution in [0.2, 0.25) is 25.7 Å². The van der Waals surface area contributed by atoms with Gasteiger partial charge in [-0.05, 0) is 55.6 Å². The largest absolute Gasteiger partial charge is 0.444 e. The van der Waals surface area contributed by atoms with Gasteiger partial charge in [-0.15, -0.1) is 0 Å². The third kappa shape index (κ3) is 9.08. The lowest BCUT2D eigenvalue weighted by molar-refractivity contribution is -0.187. The number of nitrogens with one attached hydrogen (secondary N) is 1. The van der Waals surface area contributed by atoms with Crippen molar-refractivity contribution >= 4 is 35.0 Å². The first-order valence-corrected chi connectivity index (χ1v) is 18.7. The predicted octanol–water partition coefficient (Wildman–Crippen LogP) is 5.89. The first kappa shape index (κ1) is 30.6. The van der Waals surface area contributed by atoms with Crippen molar-refractivity contribution in [2.75, 3.05) is 19.8 Å². The first-order valence-electron chi connectivity index (χ1n) is 13.1. The molecule has 9 nitrogen and oxygen atoms in total. The molecule has 0 amide bonds. The van der Waals surface area contributed by atoms with Gasteiger partial charge in [-0.3, -0.25) is 4.57 Å². The lowest BCUT2D eigenvalue weighted by Crippen LogP contribution is -2.37. The molecular formula is C25H43BrN4O5SSi. The van der Waals surface area contributed by atoms with E-state index in [0.29, 0.717) is 32.3 Å². The van der Waals surface area contributed by atoms with Gasteiger partial charge < -0.3 is 18.6 Å². The topological polar surface area (TPSA) is 101 Å². The van der Waals surface area contributed by atoms with Crippen LogP contribution in [0.4, 0.5) is 0 Å². The van der Waals surface area contributed by atoms with Gasteiger partial charge in [-0.1, -0.05) is 32.5 Å². The smallest absolute Gasteiger partial charge is 0.255 e. The fourth-order valence-corrected chi connectivity index (χ4v) is 5.96. The van der Waals surface area contributed by atoms with Gasteiger partial charge in [-0.25, -0.2) is 18.9 Å². The SMILES string of the molecule is CC(C)(C)[S@@](=O)N[C@@H](CCCCCC1(c2ncco2)OCCO1)c1ncc(Br)n1COCC[Si](C)(C)C. The molecule has 0 radical (unpaired) electrons. The van der Waals surface area contributed by atoms with Crippen LogP contribution in [0.15, 0.2) is 27.7 Å². The molecule has 37 heavy (non-hydrogen) atoms. The molecule has 0 aromatic carbocycles. The molecule has 1 aliphatic heterocycles. The third-order valence-electron chi connectivity index (χ3n) is 6.18. The van der Waals surface area contributed by atoms with Crippen LogP contribution >= 0.6 is 15.9 Å². The monoisotopic (exact) mass is 618 g/mol. The highest BCUT2D eigenvalue weighted by Gasteiger charge is 2.42. The van der Waals surface area contributed by atoms with Gasteiger partial charge in [0.05, 0.1) is 47.4 Å². The maximum atomic E-state index is 13.0. The number of hydrogen-bond acceptors (Lipinski definition) is 7. The molecule has 3 heterocycles. The molecule has 0 saturated carbocycles. The number of halogens is 1. The highest BCUT2D eigenvalue weighted by atomic mass is 79.9. The summed E-state index contributed by atoms with van der Waals surface area (Å²) in [7, 11) is -2.41. The average molecular weight is 620 g/mol. The second-order valence-corrected chi connectivity index (χ2v) is 20.1.